The predicted molar refractivity (Wildman–Crippen MR) is 60.5 cm³/mol. The molecular formula is C12H12N4. The minimum atomic E-state index is 0.489. The van der Waals surface area contributed by atoms with Crippen molar-refractivity contribution >= 4 is 0 Å². The van der Waals surface area contributed by atoms with E-state index in [1.54, 1.807) is 12.4 Å². The van der Waals surface area contributed by atoms with Crippen molar-refractivity contribution in [3.05, 3.63) is 36.0 Å². The van der Waals surface area contributed by atoms with E-state index in [-0.39, 0.29) is 0 Å². The van der Waals surface area contributed by atoms with Crippen LogP contribution < -0.4 is 0 Å². The number of hydrogen-bond donors (Lipinski definition) is 1. The quantitative estimate of drug-likeness (QED) is 0.848. The second-order valence-corrected chi connectivity index (χ2v) is 3.55. The van der Waals surface area contributed by atoms with Gasteiger partial charge in [-0.1, -0.05) is 0 Å². The number of nitriles is 1. The summed E-state index contributed by atoms with van der Waals surface area (Å²) < 4.78 is 0. The summed E-state index contributed by atoms with van der Waals surface area (Å²) >= 11 is 0. The molecular weight excluding hydrogens is 200 g/mol. The molecule has 0 aromatic carbocycles. The summed E-state index contributed by atoms with van der Waals surface area (Å²) in [6, 6.07) is 5.97. The molecule has 0 amide bonds. The van der Waals surface area contributed by atoms with Crippen molar-refractivity contribution in [1.29, 1.82) is 5.26 Å². The van der Waals surface area contributed by atoms with E-state index in [9.17, 15) is 0 Å². The van der Waals surface area contributed by atoms with Crippen molar-refractivity contribution in [2.45, 2.75) is 19.8 Å². The second-order valence-electron chi connectivity index (χ2n) is 3.55. The minimum Gasteiger partial charge on any atom is -0.346 e. The predicted octanol–water partition coefficient (Wildman–Crippen LogP) is 2.24. The van der Waals surface area contributed by atoms with Crippen LogP contribution in [0.4, 0.5) is 0 Å². The average molecular weight is 212 g/mol. The molecule has 0 spiro atoms. The highest BCUT2D eigenvalue weighted by Crippen LogP contribution is 2.20. The summed E-state index contributed by atoms with van der Waals surface area (Å²) in [5, 5.41) is 8.52. The van der Waals surface area contributed by atoms with E-state index in [0.29, 0.717) is 12.8 Å². The lowest BCUT2D eigenvalue weighted by atomic mass is 10.2. The monoisotopic (exact) mass is 212 g/mol. The van der Waals surface area contributed by atoms with E-state index in [1.807, 2.05) is 19.1 Å². The number of aryl methyl sites for hydroxylation is 2. The summed E-state index contributed by atoms with van der Waals surface area (Å²) in [6.07, 6.45) is 4.65. The molecule has 0 bridgehead atoms. The first kappa shape index (κ1) is 10.4. The van der Waals surface area contributed by atoms with Gasteiger partial charge in [0.15, 0.2) is 0 Å². The topological polar surface area (TPSA) is 65.4 Å². The lowest BCUT2D eigenvalue weighted by Gasteiger charge is -1.95. The molecule has 0 radical (unpaired) electrons. The van der Waals surface area contributed by atoms with Crippen molar-refractivity contribution in [2.24, 2.45) is 0 Å². The lowest BCUT2D eigenvalue weighted by Crippen LogP contribution is -1.86. The molecule has 2 heterocycles. The van der Waals surface area contributed by atoms with Crippen LogP contribution in [0.15, 0.2) is 24.5 Å². The number of pyridine rings is 1. The fourth-order valence-electron chi connectivity index (χ4n) is 1.61. The summed E-state index contributed by atoms with van der Waals surface area (Å²) in [7, 11) is 0. The molecule has 16 heavy (non-hydrogen) atoms. The van der Waals surface area contributed by atoms with Crippen molar-refractivity contribution in [2.75, 3.05) is 0 Å². The lowest BCUT2D eigenvalue weighted by molar-refractivity contribution is 0.913. The molecule has 2 aromatic heterocycles. The number of rotatable bonds is 3. The first-order valence-electron chi connectivity index (χ1n) is 5.14. The third kappa shape index (κ3) is 2.09. The number of aromatic amines is 1. The fourth-order valence-corrected chi connectivity index (χ4v) is 1.61. The zero-order chi connectivity index (χ0) is 11.4. The fraction of sp³-hybridized carbons (Fsp3) is 0.250. The Hall–Kier alpha value is -2.15. The van der Waals surface area contributed by atoms with E-state index in [0.717, 1.165) is 22.8 Å². The Morgan fingerprint density at radius 3 is 2.81 bits per heavy atom. The van der Waals surface area contributed by atoms with Crippen LogP contribution in [0.3, 0.4) is 0 Å². The van der Waals surface area contributed by atoms with E-state index in [2.05, 4.69) is 21.0 Å². The van der Waals surface area contributed by atoms with Crippen LogP contribution in [0.25, 0.3) is 11.3 Å². The molecule has 4 nitrogen and oxygen atoms in total. The Balaban J connectivity index is 2.29. The van der Waals surface area contributed by atoms with Gasteiger partial charge in [-0.2, -0.15) is 5.26 Å². The van der Waals surface area contributed by atoms with Crippen LogP contribution in [-0.4, -0.2) is 15.0 Å². The molecule has 2 rings (SSSR count). The Morgan fingerprint density at radius 2 is 2.12 bits per heavy atom. The van der Waals surface area contributed by atoms with Crippen LogP contribution in [0, 0.1) is 18.3 Å². The number of H-pyrrole nitrogens is 1. The molecule has 0 aliphatic rings. The van der Waals surface area contributed by atoms with Crippen LogP contribution in [0.2, 0.25) is 0 Å². The van der Waals surface area contributed by atoms with Gasteiger partial charge in [-0.3, -0.25) is 4.98 Å². The molecule has 0 saturated heterocycles. The highest BCUT2D eigenvalue weighted by molar-refractivity contribution is 5.61. The van der Waals surface area contributed by atoms with Gasteiger partial charge < -0.3 is 4.98 Å². The van der Waals surface area contributed by atoms with Gasteiger partial charge in [0, 0.05) is 36.5 Å². The highest BCUT2D eigenvalue weighted by atomic mass is 14.9. The van der Waals surface area contributed by atoms with Crippen LogP contribution in [0.1, 0.15) is 17.9 Å². The van der Waals surface area contributed by atoms with E-state index >= 15 is 0 Å². The summed E-state index contributed by atoms with van der Waals surface area (Å²) in [5.74, 6) is 0.867. The Morgan fingerprint density at radius 1 is 1.38 bits per heavy atom. The Labute approximate surface area is 94.0 Å². The van der Waals surface area contributed by atoms with Gasteiger partial charge in [-0.15, -0.1) is 0 Å². The number of nitrogens with one attached hydrogen (secondary N) is 1. The van der Waals surface area contributed by atoms with Gasteiger partial charge >= 0.3 is 0 Å². The van der Waals surface area contributed by atoms with Gasteiger partial charge in [0.25, 0.3) is 0 Å². The number of aromatic nitrogens is 3. The van der Waals surface area contributed by atoms with E-state index in [4.69, 9.17) is 5.26 Å². The molecule has 0 fully saturated rings. The van der Waals surface area contributed by atoms with Crippen LogP contribution in [0.5, 0.6) is 0 Å². The maximum atomic E-state index is 8.52. The molecule has 0 atom stereocenters. The SMILES string of the molecule is Cc1[nH]c(CCC#N)nc1-c1ccncc1. The number of nitrogens with zero attached hydrogens (tertiary/aromatic N) is 3. The van der Waals surface area contributed by atoms with Crippen LogP contribution >= 0.6 is 0 Å². The van der Waals surface area contributed by atoms with Crippen molar-refractivity contribution in [3.8, 4) is 17.3 Å². The molecule has 1 N–H and O–H groups in total. The first-order chi connectivity index (χ1) is 7.81. The van der Waals surface area contributed by atoms with Gasteiger partial charge in [0.05, 0.1) is 11.8 Å². The first-order valence-corrected chi connectivity index (χ1v) is 5.14. The number of hydrogen-bond acceptors (Lipinski definition) is 3. The van der Waals surface area contributed by atoms with Gasteiger partial charge in [-0.25, -0.2) is 4.98 Å². The standard InChI is InChI=1S/C12H12N4/c1-9-12(10-4-7-14-8-5-10)16-11(15-9)3-2-6-13/h4-5,7-8H,2-3H2,1H3,(H,15,16). The van der Waals surface area contributed by atoms with Gasteiger partial charge in [-0.05, 0) is 19.1 Å². The zero-order valence-corrected chi connectivity index (χ0v) is 9.07. The van der Waals surface area contributed by atoms with Gasteiger partial charge in [0.1, 0.15) is 5.82 Å². The van der Waals surface area contributed by atoms with Crippen molar-refractivity contribution in [3.63, 3.8) is 0 Å². The molecule has 0 aliphatic heterocycles. The van der Waals surface area contributed by atoms with E-state index in [1.165, 1.54) is 0 Å². The molecule has 4 heteroatoms. The molecule has 2 aromatic rings. The normalized spacial score (nSPS) is 10.0. The largest absolute Gasteiger partial charge is 0.346 e. The highest BCUT2D eigenvalue weighted by Gasteiger charge is 2.08. The minimum absolute atomic E-state index is 0.489. The Kier molecular flexibility index (Phi) is 2.97. The summed E-state index contributed by atoms with van der Waals surface area (Å²) in [5.41, 5.74) is 3.02. The average Bonchev–Trinajstić information content (AvgIpc) is 2.69. The third-order valence-corrected chi connectivity index (χ3v) is 2.36. The third-order valence-electron chi connectivity index (χ3n) is 2.36. The zero-order valence-electron chi connectivity index (χ0n) is 9.07. The maximum absolute atomic E-state index is 8.52. The number of imidazole rings is 1. The van der Waals surface area contributed by atoms with Gasteiger partial charge in [0.2, 0.25) is 0 Å². The summed E-state index contributed by atoms with van der Waals surface area (Å²) in [6.45, 7) is 1.98. The molecule has 0 saturated carbocycles. The maximum Gasteiger partial charge on any atom is 0.108 e. The van der Waals surface area contributed by atoms with Crippen molar-refractivity contribution in [1.82, 2.24) is 15.0 Å². The smallest absolute Gasteiger partial charge is 0.108 e. The molecule has 0 aliphatic carbocycles. The molecule has 0 unspecified atom stereocenters. The second kappa shape index (κ2) is 4.58. The van der Waals surface area contributed by atoms with Crippen molar-refractivity contribution < 1.29 is 0 Å². The summed E-state index contributed by atoms with van der Waals surface area (Å²) in [4.78, 5) is 11.7. The molecule has 80 valence electrons. The Bertz CT molecular complexity index is 508. The van der Waals surface area contributed by atoms with Crippen LogP contribution in [-0.2, 0) is 6.42 Å². The van der Waals surface area contributed by atoms with E-state index < -0.39 is 0 Å².